The second-order valence-electron chi connectivity index (χ2n) is 8.20. The number of hydrogen-bond acceptors (Lipinski definition) is 3. The van der Waals surface area contributed by atoms with E-state index in [0.717, 1.165) is 36.2 Å². The number of hydrogen-bond donors (Lipinski definition) is 1. The van der Waals surface area contributed by atoms with E-state index < -0.39 is 0 Å². The fraction of sp³-hybridized carbons (Fsp3) is 0.619. The third-order valence-corrected chi connectivity index (χ3v) is 5.53. The molecule has 0 saturated carbocycles. The number of likely N-dealkylation sites (tertiary alicyclic amines) is 1. The van der Waals surface area contributed by atoms with Gasteiger partial charge in [-0.15, -0.1) is 0 Å². The lowest BCUT2D eigenvalue weighted by Gasteiger charge is -2.31. The maximum Gasteiger partial charge on any atom is 0.220 e. The minimum absolute atomic E-state index is 0.0574. The van der Waals surface area contributed by atoms with Crippen molar-refractivity contribution in [2.45, 2.75) is 64.8 Å². The molecule has 1 aromatic rings. The van der Waals surface area contributed by atoms with Gasteiger partial charge in [0.2, 0.25) is 11.8 Å². The molecule has 0 bridgehead atoms. The summed E-state index contributed by atoms with van der Waals surface area (Å²) in [5.74, 6) is 0.973. The predicted octanol–water partition coefficient (Wildman–Crippen LogP) is 4.03. The summed E-state index contributed by atoms with van der Waals surface area (Å²) >= 11 is 3.57. The summed E-state index contributed by atoms with van der Waals surface area (Å²) in [5.41, 5.74) is 1.34. The predicted molar refractivity (Wildman–Crippen MR) is 111 cm³/mol. The van der Waals surface area contributed by atoms with Crippen LogP contribution < -0.4 is 10.1 Å². The summed E-state index contributed by atoms with van der Waals surface area (Å²) in [6.07, 6.45) is 2.78. The first kappa shape index (κ1) is 21.7. The molecule has 1 aliphatic heterocycles. The number of piperidine rings is 1. The van der Waals surface area contributed by atoms with Gasteiger partial charge >= 0.3 is 0 Å². The number of carbonyl (C=O) groups excluding carboxylic acids is 2. The molecule has 1 fully saturated rings. The van der Waals surface area contributed by atoms with E-state index in [-0.39, 0.29) is 23.3 Å². The van der Waals surface area contributed by atoms with E-state index in [2.05, 4.69) is 54.2 Å². The Labute approximate surface area is 171 Å². The molecule has 0 aromatic heterocycles. The highest BCUT2D eigenvalue weighted by Crippen LogP contribution is 2.31. The zero-order chi connectivity index (χ0) is 20.0. The summed E-state index contributed by atoms with van der Waals surface area (Å²) in [6.45, 7) is 10.1. The van der Waals surface area contributed by atoms with Gasteiger partial charge in [-0.1, -0.05) is 26.8 Å². The molecule has 1 aromatic carbocycles. The van der Waals surface area contributed by atoms with Crippen molar-refractivity contribution >= 4 is 27.7 Å². The van der Waals surface area contributed by atoms with Gasteiger partial charge in [-0.3, -0.25) is 9.59 Å². The molecule has 2 rings (SSSR count). The molecule has 0 spiro atoms. The van der Waals surface area contributed by atoms with Crippen molar-refractivity contribution < 1.29 is 14.3 Å². The first-order valence-electron chi connectivity index (χ1n) is 9.64. The highest BCUT2D eigenvalue weighted by atomic mass is 79.9. The quantitative estimate of drug-likeness (QED) is 0.681. The maximum absolute atomic E-state index is 12.1. The number of nitrogens with zero attached hydrogens (tertiary/aromatic N) is 1. The van der Waals surface area contributed by atoms with Crippen LogP contribution in [0, 0.1) is 0 Å². The summed E-state index contributed by atoms with van der Waals surface area (Å²) < 4.78 is 6.76. The van der Waals surface area contributed by atoms with Crippen molar-refractivity contribution in [1.29, 1.82) is 0 Å². The van der Waals surface area contributed by atoms with Crippen molar-refractivity contribution in [1.82, 2.24) is 10.2 Å². The zero-order valence-electron chi connectivity index (χ0n) is 16.8. The summed E-state index contributed by atoms with van der Waals surface area (Å²) in [7, 11) is 0. The summed E-state index contributed by atoms with van der Waals surface area (Å²) in [4.78, 5) is 25.3. The first-order chi connectivity index (χ1) is 12.7. The van der Waals surface area contributed by atoms with Gasteiger partial charge in [-0.05, 0) is 58.3 Å². The Morgan fingerprint density at radius 1 is 1.26 bits per heavy atom. The van der Waals surface area contributed by atoms with Gasteiger partial charge in [0.1, 0.15) is 5.75 Å². The lowest BCUT2D eigenvalue weighted by Crippen LogP contribution is -2.46. The number of carbonyl (C=O) groups is 2. The van der Waals surface area contributed by atoms with Crippen molar-refractivity contribution in [3.05, 3.63) is 28.2 Å². The summed E-state index contributed by atoms with van der Waals surface area (Å²) in [6, 6.07) is 6.33. The molecule has 0 atom stereocenters. The molecule has 27 heavy (non-hydrogen) atoms. The van der Waals surface area contributed by atoms with Crippen molar-refractivity contribution in [3.8, 4) is 5.75 Å². The molecule has 1 N–H and O–H groups in total. The van der Waals surface area contributed by atoms with Crippen molar-refractivity contribution in [3.63, 3.8) is 0 Å². The van der Waals surface area contributed by atoms with Crippen LogP contribution in [0.2, 0.25) is 0 Å². The molecule has 0 unspecified atom stereocenters. The minimum atomic E-state index is 0.0574. The average Bonchev–Trinajstić information content (AvgIpc) is 2.59. The largest absolute Gasteiger partial charge is 0.492 e. The molecule has 2 amide bonds. The van der Waals surface area contributed by atoms with Gasteiger partial charge in [0.25, 0.3) is 0 Å². The highest BCUT2D eigenvalue weighted by molar-refractivity contribution is 9.10. The van der Waals surface area contributed by atoms with Crippen LogP contribution in [0.5, 0.6) is 5.75 Å². The SMILES string of the molecule is CC(=O)N1CCC(NC(=O)CCCOc2ccc(C(C)(C)C)cc2Br)CC1. The van der Waals surface area contributed by atoms with E-state index in [1.54, 1.807) is 6.92 Å². The normalized spacial score (nSPS) is 15.5. The van der Waals surface area contributed by atoms with E-state index in [0.29, 0.717) is 19.4 Å². The Hall–Kier alpha value is -1.56. The Morgan fingerprint density at radius 2 is 1.93 bits per heavy atom. The standard InChI is InChI=1S/C21H31BrN2O3/c1-15(25)24-11-9-17(10-12-24)23-20(26)6-5-13-27-19-8-7-16(14-18(19)22)21(2,3)4/h7-8,14,17H,5-6,9-13H2,1-4H3,(H,23,26). The van der Waals surface area contributed by atoms with Crippen LogP contribution in [0.25, 0.3) is 0 Å². The monoisotopic (exact) mass is 438 g/mol. The van der Waals surface area contributed by atoms with Crippen molar-refractivity contribution in [2.24, 2.45) is 0 Å². The van der Waals surface area contributed by atoms with E-state index in [4.69, 9.17) is 4.74 Å². The maximum atomic E-state index is 12.1. The molecule has 5 nitrogen and oxygen atoms in total. The van der Waals surface area contributed by atoms with Gasteiger partial charge < -0.3 is 15.0 Å². The number of amides is 2. The number of halogens is 1. The number of ether oxygens (including phenoxy) is 1. The Kier molecular flexibility index (Phi) is 7.71. The van der Waals surface area contributed by atoms with E-state index in [1.807, 2.05) is 11.0 Å². The number of rotatable bonds is 6. The van der Waals surface area contributed by atoms with Gasteiger partial charge in [0.05, 0.1) is 11.1 Å². The van der Waals surface area contributed by atoms with E-state index in [9.17, 15) is 9.59 Å². The molecule has 1 saturated heterocycles. The lowest BCUT2D eigenvalue weighted by atomic mass is 9.87. The van der Waals surface area contributed by atoms with Crippen molar-refractivity contribution in [2.75, 3.05) is 19.7 Å². The van der Waals surface area contributed by atoms with Crippen LogP contribution in [-0.4, -0.2) is 42.5 Å². The highest BCUT2D eigenvalue weighted by Gasteiger charge is 2.21. The molecule has 6 heteroatoms. The first-order valence-corrected chi connectivity index (χ1v) is 10.4. The van der Waals surface area contributed by atoms with Crippen LogP contribution in [0.3, 0.4) is 0 Å². The molecule has 0 aliphatic carbocycles. The number of nitrogens with one attached hydrogen (secondary N) is 1. The minimum Gasteiger partial charge on any atom is -0.492 e. The van der Waals surface area contributed by atoms with Crippen LogP contribution >= 0.6 is 15.9 Å². The third kappa shape index (κ3) is 6.83. The van der Waals surface area contributed by atoms with Crippen LogP contribution in [0.4, 0.5) is 0 Å². The average molecular weight is 439 g/mol. The van der Waals surface area contributed by atoms with Gasteiger partial charge in [0, 0.05) is 32.5 Å². The smallest absolute Gasteiger partial charge is 0.220 e. The zero-order valence-corrected chi connectivity index (χ0v) is 18.4. The Morgan fingerprint density at radius 3 is 2.48 bits per heavy atom. The molecule has 150 valence electrons. The van der Waals surface area contributed by atoms with Gasteiger partial charge in [-0.25, -0.2) is 0 Å². The molecule has 1 aliphatic rings. The topological polar surface area (TPSA) is 58.6 Å². The van der Waals surface area contributed by atoms with Crippen LogP contribution in [0.15, 0.2) is 22.7 Å². The molecular weight excluding hydrogens is 408 g/mol. The second kappa shape index (κ2) is 9.58. The Bertz CT molecular complexity index is 662. The van der Waals surface area contributed by atoms with Gasteiger partial charge in [0.15, 0.2) is 0 Å². The molecule has 1 heterocycles. The lowest BCUT2D eigenvalue weighted by molar-refractivity contribution is -0.130. The van der Waals surface area contributed by atoms with E-state index >= 15 is 0 Å². The second-order valence-corrected chi connectivity index (χ2v) is 9.05. The van der Waals surface area contributed by atoms with Gasteiger partial charge in [-0.2, -0.15) is 0 Å². The fourth-order valence-electron chi connectivity index (χ4n) is 3.14. The fourth-order valence-corrected chi connectivity index (χ4v) is 3.63. The van der Waals surface area contributed by atoms with Crippen LogP contribution in [-0.2, 0) is 15.0 Å². The molecule has 0 radical (unpaired) electrons. The third-order valence-electron chi connectivity index (χ3n) is 4.91. The number of benzene rings is 1. The summed E-state index contributed by atoms with van der Waals surface area (Å²) in [5, 5.41) is 3.07. The van der Waals surface area contributed by atoms with Crippen LogP contribution in [0.1, 0.15) is 58.9 Å². The molecular formula is C21H31BrN2O3. The van der Waals surface area contributed by atoms with E-state index in [1.165, 1.54) is 5.56 Å². The Balaban J connectivity index is 1.68.